The molecule has 0 aromatic carbocycles. The van der Waals surface area contributed by atoms with Crippen molar-refractivity contribution in [2.45, 2.75) is 6.42 Å². The first-order chi connectivity index (χ1) is 10.1. The Morgan fingerprint density at radius 3 is 2.95 bits per heavy atom. The van der Waals surface area contributed by atoms with Crippen molar-refractivity contribution in [1.82, 2.24) is 9.38 Å². The summed E-state index contributed by atoms with van der Waals surface area (Å²) >= 11 is 1.18. The topological polar surface area (TPSA) is 83.7 Å². The molecule has 0 radical (unpaired) electrons. The molecule has 7 heteroatoms. The van der Waals surface area contributed by atoms with Gasteiger partial charge in [0.1, 0.15) is 10.6 Å². The molecule has 3 rings (SSSR count). The smallest absolute Gasteiger partial charge is 0.338 e. The molecule has 3 aromatic heterocycles. The molecule has 21 heavy (non-hydrogen) atoms. The van der Waals surface area contributed by atoms with E-state index in [9.17, 15) is 9.59 Å². The van der Waals surface area contributed by atoms with Gasteiger partial charge in [0.15, 0.2) is 0 Å². The van der Waals surface area contributed by atoms with Crippen molar-refractivity contribution >= 4 is 33.9 Å². The van der Waals surface area contributed by atoms with E-state index in [1.165, 1.54) is 17.4 Å². The average molecular weight is 301 g/mol. The molecule has 3 aromatic rings. The standard InChI is InChI=1S/C14H11N3O3S/c18-12(16-13-10(14(19)20)4-6-21-13)7-9-8-17-5-2-1-3-11(17)15-9/h1-6,8H,7H2,(H,16,18)(H,19,20). The Hall–Kier alpha value is -2.67. The maximum Gasteiger partial charge on any atom is 0.338 e. The van der Waals surface area contributed by atoms with Crippen molar-refractivity contribution < 1.29 is 14.7 Å². The largest absolute Gasteiger partial charge is 0.478 e. The van der Waals surface area contributed by atoms with E-state index in [0.29, 0.717) is 10.7 Å². The van der Waals surface area contributed by atoms with Gasteiger partial charge >= 0.3 is 5.97 Å². The SMILES string of the molecule is O=C(Cc1cn2ccccc2n1)Nc1sccc1C(=O)O. The summed E-state index contributed by atoms with van der Waals surface area (Å²) in [5.41, 5.74) is 1.50. The van der Waals surface area contributed by atoms with Crippen molar-refractivity contribution in [3.63, 3.8) is 0 Å². The average Bonchev–Trinajstić information content (AvgIpc) is 3.03. The normalized spacial score (nSPS) is 10.7. The number of hydrogen-bond donors (Lipinski definition) is 2. The Morgan fingerprint density at radius 2 is 2.19 bits per heavy atom. The molecule has 0 saturated carbocycles. The zero-order chi connectivity index (χ0) is 14.8. The zero-order valence-corrected chi connectivity index (χ0v) is 11.6. The molecule has 106 valence electrons. The highest BCUT2D eigenvalue weighted by Crippen LogP contribution is 2.23. The number of nitrogens with zero attached hydrogens (tertiary/aromatic N) is 2. The number of anilines is 1. The monoisotopic (exact) mass is 301 g/mol. The number of carbonyl (C=O) groups is 2. The second-order valence-electron chi connectivity index (χ2n) is 4.39. The number of aromatic carboxylic acids is 1. The molecule has 0 aliphatic carbocycles. The number of aromatic nitrogens is 2. The molecule has 0 unspecified atom stereocenters. The van der Waals surface area contributed by atoms with Gasteiger partial charge in [0, 0.05) is 12.4 Å². The van der Waals surface area contributed by atoms with Crippen LogP contribution in [-0.4, -0.2) is 26.4 Å². The summed E-state index contributed by atoms with van der Waals surface area (Å²) in [4.78, 5) is 27.3. The number of carboxylic acid groups (broad SMARTS) is 1. The lowest BCUT2D eigenvalue weighted by Crippen LogP contribution is -2.15. The molecule has 0 atom stereocenters. The Labute approximate surface area is 123 Å². The molecule has 0 spiro atoms. The Morgan fingerprint density at radius 1 is 1.33 bits per heavy atom. The Bertz CT molecular complexity index is 789. The van der Waals surface area contributed by atoms with E-state index in [1.807, 2.05) is 28.8 Å². The first kappa shape index (κ1) is 13.3. The zero-order valence-electron chi connectivity index (χ0n) is 10.8. The lowest BCUT2D eigenvalue weighted by atomic mass is 10.3. The van der Waals surface area contributed by atoms with Gasteiger partial charge in [-0.05, 0) is 23.6 Å². The van der Waals surface area contributed by atoms with Crippen molar-refractivity contribution in [3.05, 3.63) is 53.3 Å². The van der Waals surface area contributed by atoms with Crippen LogP contribution in [0.5, 0.6) is 0 Å². The molecule has 0 fully saturated rings. The van der Waals surface area contributed by atoms with Crippen LogP contribution in [0.25, 0.3) is 5.65 Å². The summed E-state index contributed by atoms with van der Waals surface area (Å²) in [5, 5.41) is 13.6. The molecule has 0 bridgehead atoms. The third-order valence-electron chi connectivity index (χ3n) is 2.90. The first-order valence-electron chi connectivity index (χ1n) is 6.17. The fraction of sp³-hybridized carbons (Fsp3) is 0.0714. The minimum atomic E-state index is -1.06. The fourth-order valence-electron chi connectivity index (χ4n) is 1.98. The van der Waals surface area contributed by atoms with Crippen molar-refractivity contribution in [1.29, 1.82) is 0 Å². The van der Waals surface area contributed by atoms with Crippen LogP contribution in [0.1, 0.15) is 16.1 Å². The second-order valence-corrected chi connectivity index (χ2v) is 5.31. The van der Waals surface area contributed by atoms with E-state index in [4.69, 9.17) is 5.11 Å². The number of hydrogen-bond acceptors (Lipinski definition) is 4. The molecule has 0 aliphatic rings. The number of thiophene rings is 1. The van der Waals surface area contributed by atoms with Gasteiger partial charge in [-0.15, -0.1) is 11.3 Å². The van der Waals surface area contributed by atoms with Gasteiger partial charge < -0.3 is 14.8 Å². The lowest BCUT2D eigenvalue weighted by Gasteiger charge is -2.02. The predicted molar refractivity (Wildman–Crippen MR) is 78.8 cm³/mol. The Balaban J connectivity index is 1.74. The van der Waals surface area contributed by atoms with Crippen molar-refractivity contribution in [3.8, 4) is 0 Å². The van der Waals surface area contributed by atoms with Crippen LogP contribution < -0.4 is 5.32 Å². The maximum atomic E-state index is 12.0. The van der Waals surface area contributed by atoms with Gasteiger partial charge in [0.25, 0.3) is 0 Å². The lowest BCUT2D eigenvalue weighted by molar-refractivity contribution is -0.115. The van der Waals surface area contributed by atoms with Gasteiger partial charge in [-0.3, -0.25) is 4.79 Å². The van der Waals surface area contributed by atoms with Gasteiger partial charge in [-0.1, -0.05) is 6.07 Å². The highest BCUT2D eigenvalue weighted by molar-refractivity contribution is 7.14. The Kier molecular flexibility index (Phi) is 3.41. The molecule has 6 nitrogen and oxygen atoms in total. The third kappa shape index (κ3) is 2.77. The first-order valence-corrected chi connectivity index (χ1v) is 7.05. The molecule has 0 saturated heterocycles. The summed E-state index contributed by atoms with van der Waals surface area (Å²) in [6.07, 6.45) is 3.73. The molecular formula is C14H11N3O3S. The quantitative estimate of drug-likeness (QED) is 0.774. The minimum Gasteiger partial charge on any atom is -0.478 e. The van der Waals surface area contributed by atoms with Crippen LogP contribution in [0.2, 0.25) is 0 Å². The van der Waals surface area contributed by atoms with Gasteiger partial charge in [0.05, 0.1) is 17.7 Å². The van der Waals surface area contributed by atoms with Crippen molar-refractivity contribution in [2.75, 3.05) is 5.32 Å². The summed E-state index contributed by atoms with van der Waals surface area (Å²) in [6, 6.07) is 7.07. The summed E-state index contributed by atoms with van der Waals surface area (Å²) in [6.45, 7) is 0. The third-order valence-corrected chi connectivity index (χ3v) is 3.73. The highest BCUT2D eigenvalue weighted by Gasteiger charge is 2.15. The number of rotatable bonds is 4. The van der Waals surface area contributed by atoms with Crippen LogP contribution in [0.3, 0.4) is 0 Å². The predicted octanol–water partition coefficient (Wildman–Crippen LogP) is 2.28. The van der Waals surface area contributed by atoms with Crippen LogP contribution >= 0.6 is 11.3 Å². The number of pyridine rings is 1. The summed E-state index contributed by atoms with van der Waals surface area (Å²) < 4.78 is 1.83. The number of imidazole rings is 1. The highest BCUT2D eigenvalue weighted by atomic mass is 32.1. The van der Waals surface area contributed by atoms with E-state index in [0.717, 1.165) is 5.65 Å². The number of carbonyl (C=O) groups excluding carboxylic acids is 1. The van der Waals surface area contributed by atoms with Gasteiger partial charge in [-0.25, -0.2) is 9.78 Å². The number of carboxylic acids is 1. The van der Waals surface area contributed by atoms with Gasteiger partial charge in [-0.2, -0.15) is 0 Å². The summed E-state index contributed by atoms with van der Waals surface area (Å²) in [7, 11) is 0. The van der Waals surface area contributed by atoms with Crippen LogP contribution in [0.15, 0.2) is 42.0 Å². The number of fused-ring (bicyclic) bond motifs is 1. The van der Waals surface area contributed by atoms with E-state index in [2.05, 4.69) is 10.3 Å². The van der Waals surface area contributed by atoms with Gasteiger partial charge in [0.2, 0.25) is 5.91 Å². The van der Waals surface area contributed by atoms with Crippen molar-refractivity contribution in [2.24, 2.45) is 0 Å². The molecule has 3 heterocycles. The van der Waals surface area contributed by atoms with Crippen LogP contribution in [0.4, 0.5) is 5.00 Å². The number of nitrogens with one attached hydrogen (secondary N) is 1. The molecule has 0 aliphatic heterocycles. The summed E-state index contributed by atoms with van der Waals surface area (Å²) in [5.74, 6) is -1.34. The van der Waals surface area contributed by atoms with E-state index < -0.39 is 5.97 Å². The van der Waals surface area contributed by atoms with Crippen LogP contribution in [0, 0.1) is 0 Å². The van der Waals surface area contributed by atoms with E-state index in [1.54, 1.807) is 11.6 Å². The maximum absolute atomic E-state index is 12.0. The molecular weight excluding hydrogens is 290 g/mol. The van der Waals surface area contributed by atoms with Crippen LogP contribution in [-0.2, 0) is 11.2 Å². The van der Waals surface area contributed by atoms with E-state index in [-0.39, 0.29) is 17.9 Å². The molecule has 2 N–H and O–H groups in total. The van der Waals surface area contributed by atoms with E-state index >= 15 is 0 Å². The molecule has 1 amide bonds. The minimum absolute atomic E-state index is 0.0959. The second kappa shape index (κ2) is 5.37. The fourth-order valence-corrected chi connectivity index (χ4v) is 2.78. The number of amides is 1.